The average Bonchev–Trinajstić information content (AvgIpc) is 3.36. The molecule has 28 nitrogen and oxygen atoms in total. The SMILES string of the molecule is CC(C)(C)OC(=O)NC1CCC(CNc2nc(Cl)ncc2[N+](=O)[O-])CC1.CCc1cc(F)cnc1OC.CO.COc1ncc(F)cc1CN.COc1ncc(F)cc1CNc1ncc([N+](=O)[O-])c(NCC2CCC(N)CC2)n1.COc1ncc(F)cc1CO. The minimum atomic E-state index is -0.541. The minimum Gasteiger partial charge on any atom is -0.481 e. The van der Waals surface area contributed by atoms with Crippen molar-refractivity contribution in [2.75, 3.05) is 64.6 Å². The summed E-state index contributed by atoms with van der Waals surface area (Å²) in [7, 11) is 6.85. The summed E-state index contributed by atoms with van der Waals surface area (Å²) in [5.74, 6) is 0.908. The van der Waals surface area contributed by atoms with Gasteiger partial charge in [-0.25, -0.2) is 52.3 Å². The third-order valence-corrected chi connectivity index (χ3v) is 13.2. The van der Waals surface area contributed by atoms with E-state index in [2.05, 4.69) is 61.1 Å². The first-order valence-corrected chi connectivity index (χ1v) is 28.4. The van der Waals surface area contributed by atoms with Gasteiger partial charge in [-0.2, -0.15) is 9.97 Å². The number of amides is 1. The zero-order chi connectivity index (χ0) is 66.9. The molecule has 0 radical (unpaired) electrons. The normalized spacial score (nSPS) is 15.6. The van der Waals surface area contributed by atoms with Gasteiger partial charge in [0.05, 0.1) is 69.7 Å². The number of nitrogens with one attached hydrogen (secondary N) is 4. The maximum Gasteiger partial charge on any atom is 0.407 e. The van der Waals surface area contributed by atoms with E-state index in [9.17, 15) is 42.6 Å². The topological polar surface area (TPSA) is 393 Å². The van der Waals surface area contributed by atoms with Gasteiger partial charge in [0.15, 0.2) is 0 Å². The number of hydrogen-bond donors (Lipinski definition) is 8. The second kappa shape index (κ2) is 39.3. The Bertz CT molecular complexity index is 3060. The maximum absolute atomic E-state index is 13.4. The average molecular weight is 1290 g/mol. The van der Waals surface area contributed by atoms with Gasteiger partial charge in [-0.1, -0.05) is 6.92 Å². The van der Waals surface area contributed by atoms with Gasteiger partial charge in [0.1, 0.15) is 41.3 Å². The molecule has 1 amide bonds. The number of methoxy groups -OCH3 is 4. The Labute approximate surface area is 523 Å². The lowest BCUT2D eigenvalue weighted by Crippen LogP contribution is -2.41. The summed E-state index contributed by atoms with van der Waals surface area (Å²) < 4.78 is 75.8. The number of nitrogens with two attached hydrogens (primary N) is 2. The number of pyridine rings is 4. The Balaban J connectivity index is 0.000000313. The number of nitro groups is 2. The lowest BCUT2D eigenvalue weighted by atomic mass is 9.86. The van der Waals surface area contributed by atoms with Gasteiger partial charge in [0.2, 0.25) is 46.4 Å². The van der Waals surface area contributed by atoms with Crippen LogP contribution in [0.3, 0.4) is 0 Å². The highest BCUT2D eigenvalue weighted by molar-refractivity contribution is 6.28. The Kier molecular flexibility index (Phi) is 33.0. The molecule has 6 aromatic rings. The summed E-state index contributed by atoms with van der Waals surface area (Å²) in [5.41, 5.74) is 12.5. The summed E-state index contributed by atoms with van der Waals surface area (Å²) in [6, 6.07) is 5.55. The van der Waals surface area contributed by atoms with Crippen LogP contribution in [0.15, 0.2) is 61.4 Å². The Morgan fingerprint density at radius 1 is 0.633 bits per heavy atom. The van der Waals surface area contributed by atoms with Gasteiger partial charge in [0, 0.05) is 67.6 Å². The van der Waals surface area contributed by atoms with Crippen molar-refractivity contribution in [2.45, 2.75) is 123 Å². The van der Waals surface area contributed by atoms with Gasteiger partial charge in [0.25, 0.3) is 0 Å². The molecule has 2 aliphatic carbocycles. The number of carbonyl (C=O) groups is 1. The van der Waals surface area contributed by atoms with Crippen LogP contribution in [0.1, 0.15) is 101 Å². The molecular weight excluding hydrogens is 1210 g/mol. The minimum absolute atomic E-state index is 0.0385. The van der Waals surface area contributed by atoms with Gasteiger partial charge >= 0.3 is 17.5 Å². The van der Waals surface area contributed by atoms with Crippen molar-refractivity contribution >= 4 is 46.7 Å². The van der Waals surface area contributed by atoms with E-state index in [1.54, 1.807) is 0 Å². The molecule has 90 heavy (non-hydrogen) atoms. The predicted molar refractivity (Wildman–Crippen MR) is 326 cm³/mol. The molecule has 0 saturated heterocycles. The summed E-state index contributed by atoms with van der Waals surface area (Å²) in [4.78, 5) is 63.8. The van der Waals surface area contributed by atoms with Crippen LogP contribution < -0.4 is 51.7 Å². The largest absolute Gasteiger partial charge is 0.481 e. The van der Waals surface area contributed by atoms with Crippen molar-refractivity contribution in [3.05, 3.63) is 132 Å². The van der Waals surface area contributed by atoms with E-state index in [4.69, 9.17) is 57.0 Å². The number of carbonyl (C=O) groups excluding carboxylic acids is 1. The van der Waals surface area contributed by atoms with Crippen LogP contribution in [0, 0.1) is 55.3 Å². The van der Waals surface area contributed by atoms with E-state index in [0.29, 0.717) is 53.4 Å². The fourth-order valence-electron chi connectivity index (χ4n) is 8.63. The quantitative estimate of drug-likeness (QED) is 0.0162. The molecule has 0 atom stereocenters. The molecule has 0 unspecified atom stereocenters. The predicted octanol–water partition coefficient (Wildman–Crippen LogP) is 8.81. The molecule has 2 fully saturated rings. The van der Waals surface area contributed by atoms with Crippen LogP contribution in [0.5, 0.6) is 23.5 Å². The third-order valence-electron chi connectivity index (χ3n) is 13.0. The fourth-order valence-corrected chi connectivity index (χ4v) is 8.76. The van der Waals surface area contributed by atoms with Crippen molar-refractivity contribution in [1.29, 1.82) is 0 Å². The number of aryl methyl sites for hydroxylation is 1. The van der Waals surface area contributed by atoms with E-state index in [0.717, 1.165) is 108 Å². The number of rotatable bonds is 19. The van der Waals surface area contributed by atoms with Crippen molar-refractivity contribution in [1.82, 2.24) is 45.2 Å². The first kappa shape index (κ1) is 75.5. The molecule has 0 bridgehead atoms. The highest BCUT2D eigenvalue weighted by Gasteiger charge is 2.27. The Morgan fingerprint density at radius 2 is 1.04 bits per heavy atom. The monoisotopic (exact) mass is 1290 g/mol. The molecule has 2 aliphatic rings. The molecule has 6 aromatic heterocycles. The number of nitrogens with zero attached hydrogens (tertiary/aromatic N) is 10. The van der Waals surface area contributed by atoms with E-state index < -0.39 is 39.0 Å². The number of anilines is 3. The van der Waals surface area contributed by atoms with E-state index in [-0.39, 0.29) is 83.6 Å². The Morgan fingerprint density at radius 3 is 1.49 bits per heavy atom. The molecule has 0 aromatic carbocycles. The summed E-state index contributed by atoms with van der Waals surface area (Å²) in [6.07, 6.45) is 14.2. The lowest BCUT2D eigenvalue weighted by molar-refractivity contribution is -0.384. The number of aliphatic hydroxyl groups excluding tert-OH is 2. The smallest absolute Gasteiger partial charge is 0.407 e. The van der Waals surface area contributed by atoms with Crippen molar-refractivity contribution in [3.8, 4) is 23.5 Å². The third kappa shape index (κ3) is 26.5. The number of hydrogen-bond acceptors (Lipinski definition) is 25. The van der Waals surface area contributed by atoms with Gasteiger partial charge in [-0.15, -0.1) is 0 Å². The molecule has 10 N–H and O–H groups in total. The summed E-state index contributed by atoms with van der Waals surface area (Å²) in [6.45, 7) is 8.64. The molecule has 494 valence electrons. The van der Waals surface area contributed by atoms with Gasteiger partial charge < -0.3 is 66.6 Å². The molecular formula is C57H79ClF4N16O12. The number of aliphatic hydroxyl groups is 2. The standard InChI is InChI=1S/C18H24FN7O3.C16H24ClN5O4.C8H10FNO.C7H9FN2O.C7H8FNO2.CH4O/c1-29-17-12(6-13(19)9-22-17)8-23-18-24-10-15(26(27)28)16(25-18)21-7-11-2-4-14(20)5-3-11;1-16(2,3)26-15(23)20-11-6-4-10(5-7-11)8-18-13-12(22(24)25)9-19-14(17)21-13;1-3-6-4-7(9)5-10-8(6)11-2;1-11-7-5(3-9)2-6(8)4-10-7;1-11-7-5(4-10)2-6(8)3-9-7;1-2/h6,9-11,14H,2-5,7-8,20H2,1H3,(H2,21,23,24,25);9-11H,4-8H2,1-3H3,(H,20,23)(H,18,19,21);4-5H,3H2,1-2H3;2,4H,3,9H2,1H3;2-3,10H,4H2,1H3;2H,1H3. The maximum atomic E-state index is 13.4. The van der Waals surface area contributed by atoms with Gasteiger partial charge in [-0.05, 0) is 126 Å². The summed E-state index contributed by atoms with van der Waals surface area (Å²) >= 11 is 5.72. The number of ether oxygens (including phenoxy) is 5. The highest BCUT2D eigenvalue weighted by Crippen LogP contribution is 2.30. The molecule has 0 spiro atoms. The van der Waals surface area contributed by atoms with E-state index in [1.165, 1.54) is 52.7 Å². The zero-order valence-electron chi connectivity index (χ0n) is 51.5. The van der Waals surface area contributed by atoms with E-state index in [1.807, 2.05) is 27.7 Å². The second-order valence-corrected chi connectivity index (χ2v) is 20.9. The van der Waals surface area contributed by atoms with Crippen LogP contribution in [-0.4, -0.2) is 132 Å². The van der Waals surface area contributed by atoms with Crippen LogP contribution in [0.4, 0.5) is 51.3 Å². The zero-order valence-corrected chi connectivity index (χ0v) is 52.2. The molecule has 6 heterocycles. The van der Waals surface area contributed by atoms with Crippen LogP contribution in [-0.2, 0) is 30.9 Å². The van der Waals surface area contributed by atoms with Crippen LogP contribution in [0.25, 0.3) is 0 Å². The fraction of sp³-hybridized carbons (Fsp3) is 0.491. The van der Waals surface area contributed by atoms with Gasteiger partial charge in [-0.3, -0.25) is 20.2 Å². The molecule has 8 rings (SSSR count). The number of aromatic nitrogens is 8. The van der Waals surface area contributed by atoms with Crippen LogP contribution in [0.2, 0.25) is 5.28 Å². The number of halogens is 5. The summed E-state index contributed by atoms with van der Waals surface area (Å²) in [5, 5.41) is 49.9. The highest BCUT2D eigenvalue weighted by atomic mass is 35.5. The lowest BCUT2D eigenvalue weighted by Gasteiger charge is -2.30. The van der Waals surface area contributed by atoms with Crippen molar-refractivity contribution in [2.24, 2.45) is 23.3 Å². The van der Waals surface area contributed by atoms with Crippen LogP contribution >= 0.6 is 11.6 Å². The number of alkyl carbamates (subject to hydrolysis) is 1. The molecule has 2 saturated carbocycles. The second-order valence-electron chi connectivity index (χ2n) is 20.6. The van der Waals surface area contributed by atoms with E-state index >= 15 is 0 Å². The molecule has 33 heteroatoms. The first-order chi connectivity index (χ1) is 42.9. The van der Waals surface area contributed by atoms with Crippen molar-refractivity contribution in [3.63, 3.8) is 0 Å². The Hall–Kier alpha value is -8.72. The van der Waals surface area contributed by atoms with Crippen molar-refractivity contribution < 1.29 is 66.1 Å². The molecule has 0 aliphatic heterocycles. The first-order valence-electron chi connectivity index (χ1n) is 28.1.